The van der Waals surface area contributed by atoms with Crippen LogP contribution in [-0.2, 0) is 20.8 Å². The molecule has 1 aliphatic carbocycles. The molecule has 1 heterocycles. The Morgan fingerprint density at radius 3 is 2.27 bits per heavy atom. The molecule has 30 heavy (non-hydrogen) atoms. The summed E-state index contributed by atoms with van der Waals surface area (Å²) in [5, 5.41) is 5.92. The molecule has 2 N–H and O–H groups in total. The lowest BCUT2D eigenvalue weighted by molar-refractivity contribution is -0.135. The van der Waals surface area contributed by atoms with E-state index in [1.54, 1.807) is 0 Å². The van der Waals surface area contributed by atoms with Crippen molar-refractivity contribution in [2.24, 2.45) is 5.92 Å². The highest BCUT2D eigenvalue weighted by Crippen LogP contribution is 2.49. The third kappa shape index (κ3) is 3.95. The summed E-state index contributed by atoms with van der Waals surface area (Å²) >= 11 is 0. The molecule has 2 aliphatic rings. The standard InChI is InChI=1S/C24H27N3O3/c1-15(28)25-22(12-17-8-4-3-5-9-17)24(30)27-13-20-18-10-6-7-11-19(18)23(21(20)14-27)26-16(2)29/h3-11,20-23H,12-14H2,1-2H3,(H,25,28)(H,26,29)/t20-,21-,22-,23-/m0/s1. The molecule has 1 saturated heterocycles. The Kier molecular flexibility index (Phi) is 5.57. The predicted molar refractivity (Wildman–Crippen MR) is 114 cm³/mol. The van der Waals surface area contributed by atoms with E-state index in [2.05, 4.69) is 22.8 Å². The second-order valence-electron chi connectivity index (χ2n) is 8.26. The molecule has 1 aliphatic heterocycles. The summed E-state index contributed by atoms with van der Waals surface area (Å²) in [6.07, 6.45) is 0.455. The fourth-order valence-corrected chi connectivity index (χ4v) is 4.96. The van der Waals surface area contributed by atoms with Gasteiger partial charge in [0.15, 0.2) is 0 Å². The Balaban J connectivity index is 1.55. The van der Waals surface area contributed by atoms with Gasteiger partial charge in [-0.2, -0.15) is 0 Å². The first-order valence-electron chi connectivity index (χ1n) is 10.4. The molecule has 2 aromatic carbocycles. The second-order valence-corrected chi connectivity index (χ2v) is 8.26. The zero-order valence-electron chi connectivity index (χ0n) is 17.3. The highest BCUT2D eigenvalue weighted by atomic mass is 16.2. The average Bonchev–Trinajstić information content (AvgIpc) is 3.26. The minimum atomic E-state index is -0.599. The van der Waals surface area contributed by atoms with E-state index < -0.39 is 6.04 Å². The number of nitrogens with zero attached hydrogens (tertiary/aromatic N) is 1. The topological polar surface area (TPSA) is 78.5 Å². The molecular formula is C24H27N3O3. The van der Waals surface area contributed by atoms with E-state index in [1.807, 2.05) is 47.4 Å². The molecular weight excluding hydrogens is 378 g/mol. The van der Waals surface area contributed by atoms with Gasteiger partial charge in [0.2, 0.25) is 17.7 Å². The number of carbonyl (C=O) groups excluding carboxylic acids is 3. The Hall–Kier alpha value is -3.15. The van der Waals surface area contributed by atoms with Gasteiger partial charge in [-0.25, -0.2) is 0 Å². The molecule has 2 aromatic rings. The van der Waals surface area contributed by atoms with Gasteiger partial charge in [-0.05, 0) is 16.7 Å². The molecule has 0 aromatic heterocycles. The van der Waals surface area contributed by atoms with Gasteiger partial charge in [-0.1, -0.05) is 54.6 Å². The predicted octanol–water partition coefficient (Wildman–Crippen LogP) is 2.17. The fourth-order valence-electron chi connectivity index (χ4n) is 4.96. The molecule has 0 radical (unpaired) electrons. The zero-order chi connectivity index (χ0) is 21.3. The molecule has 3 amide bonds. The maximum absolute atomic E-state index is 13.4. The van der Waals surface area contributed by atoms with Crippen LogP contribution in [0.2, 0.25) is 0 Å². The summed E-state index contributed by atoms with van der Waals surface area (Å²) in [6.45, 7) is 4.13. The smallest absolute Gasteiger partial charge is 0.245 e. The maximum Gasteiger partial charge on any atom is 0.245 e. The molecule has 0 spiro atoms. The third-order valence-corrected chi connectivity index (χ3v) is 6.15. The van der Waals surface area contributed by atoms with E-state index in [9.17, 15) is 14.4 Å². The maximum atomic E-state index is 13.4. The first kappa shape index (κ1) is 20.1. The van der Waals surface area contributed by atoms with Crippen LogP contribution in [0.4, 0.5) is 0 Å². The first-order valence-corrected chi connectivity index (χ1v) is 10.4. The molecule has 1 fully saturated rings. The molecule has 0 unspecified atom stereocenters. The normalized spacial score (nSPS) is 22.7. The molecule has 6 nitrogen and oxygen atoms in total. The van der Waals surface area contributed by atoms with Crippen LogP contribution < -0.4 is 10.6 Å². The van der Waals surface area contributed by atoms with E-state index >= 15 is 0 Å². The third-order valence-electron chi connectivity index (χ3n) is 6.15. The first-order chi connectivity index (χ1) is 14.4. The number of nitrogens with one attached hydrogen (secondary N) is 2. The van der Waals surface area contributed by atoms with Gasteiger partial charge >= 0.3 is 0 Å². The van der Waals surface area contributed by atoms with Crippen LogP contribution in [0.5, 0.6) is 0 Å². The lowest BCUT2D eigenvalue weighted by atomic mass is 9.94. The van der Waals surface area contributed by atoms with Crippen LogP contribution in [0.15, 0.2) is 54.6 Å². The van der Waals surface area contributed by atoms with E-state index in [4.69, 9.17) is 0 Å². The molecule has 156 valence electrons. The summed E-state index contributed by atoms with van der Waals surface area (Å²) in [6, 6.07) is 17.2. The van der Waals surface area contributed by atoms with Gasteiger partial charge < -0.3 is 15.5 Å². The molecule has 0 saturated carbocycles. The molecule has 4 rings (SSSR count). The monoisotopic (exact) mass is 405 g/mol. The molecule has 6 heteroatoms. The van der Waals surface area contributed by atoms with E-state index in [0.717, 1.165) is 11.1 Å². The number of likely N-dealkylation sites (tertiary alicyclic amines) is 1. The van der Waals surface area contributed by atoms with E-state index in [1.165, 1.54) is 19.4 Å². The number of amides is 3. The SMILES string of the molecule is CC(=O)N[C@@H](Cc1ccccc1)C(=O)N1C[C@H]2[C@@H](C1)c1ccccc1[C@@H]2NC(C)=O. The van der Waals surface area contributed by atoms with Crippen molar-refractivity contribution < 1.29 is 14.4 Å². The van der Waals surface area contributed by atoms with Crippen molar-refractivity contribution in [1.82, 2.24) is 15.5 Å². The number of hydrogen-bond acceptors (Lipinski definition) is 3. The minimum absolute atomic E-state index is 0.0671. The minimum Gasteiger partial charge on any atom is -0.349 e. The number of benzene rings is 2. The second kappa shape index (κ2) is 8.30. The highest BCUT2D eigenvalue weighted by molar-refractivity contribution is 5.87. The number of hydrogen-bond donors (Lipinski definition) is 2. The van der Waals surface area contributed by atoms with Crippen molar-refractivity contribution in [3.05, 3.63) is 71.3 Å². The Morgan fingerprint density at radius 1 is 0.933 bits per heavy atom. The summed E-state index contributed by atoms with van der Waals surface area (Å²) in [5.41, 5.74) is 3.36. The van der Waals surface area contributed by atoms with Gasteiger partial charge in [-0.15, -0.1) is 0 Å². The van der Waals surface area contributed by atoms with Crippen LogP contribution in [-0.4, -0.2) is 41.8 Å². The van der Waals surface area contributed by atoms with Gasteiger partial charge in [-0.3, -0.25) is 14.4 Å². The van der Waals surface area contributed by atoms with Crippen LogP contribution in [0.25, 0.3) is 0 Å². The molecule has 4 atom stereocenters. The van der Waals surface area contributed by atoms with Gasteiger partial charge in [0, 0.05) is 45.2 Å². The van der Waals surface area contributed by atoms with Crippen molar-refractivity contribution in [3.63, 3.8) is 0 Å². The Morgan fingerprint density at radius 2 is 1.60 bits per heavy atom. The molecule has 0 bridgehead atoms. The summed E-state index contributed by atoms with van der Waals surface area (Å²) in [5.74, 6) is -0.0188. The highest BCUT2D eigenvalue weighted by Gasteiger charge is 2.48. The zero-order valence-corrected chi connectivity index (χ0v) is 17.3. The van der Waals surface area contributed by atoms with Crippen molar-refractivity contribution in [2.75, 3.05) is 13.1 Å². The average molecular weight is 405 g/mol. The van der Waals surface area contributed by atoms with Gasteiger partial charge in [0.25, 0.3) is 0 Å². The number of carbonyl (C=O) groups is 3. The quantitative estimate of drug-likeness (QED) is 0.800. The van der Waals surface area contributed by atoms with Crippen molar-refractivity contribution in [2.45, 2.75) is 38.3 Å². The van der Waals surface area contributed by atoms with Crippen LogP contribution >= 0.6 is 0 Å². The van der Waals surface area contributed by atoms with Crippen molar-refractivity contribution in [3.8, 4) is 0 Å². The van der Waals surface area contributed by atoms with Gasteiger partial charge in [0.1, 0.15) is 6.04 Å². The lowest BCUT2D eigenvalue weighted by Crippen LogP contribution is -2.49. The summed E-state index contributed by atoms with van der Waals surface area (Å²) in [7, 11) is 0. The van der Waals surface area contributed by atoms with Crippen LogP contribution in [0.3, 0.4) is 0 Å². The van der Waals surface area contributed by atoms with Crippen LogP contribution in [0.1, 0.15) is 42.5 Å². The lowest BCUT2D eigenvalue weighted by Gasteiger charge is -2.26. The Labute approximate surface area is 176 Å². The largest absolute Gasteiger partial charge is 0.349 e. The number of rotatable bonds is 5. The number of fused-ring (bicyclic) bond motifs is 3. The van der Waals surface area contributed by atoms with Gasteiger partial charge in [0.05, 0.1) is 6.04 Å². The van der Waals surface area contributed by atoms with E-state index in [-0.39, 0.29) is 35.6 Å². The van der Waals surface area contributed by atoms with E-state index in [0.29, 0.717) is 19.5 Å². The summed E-state index contributed by atoms with van der Waals surface area (Å²) in [4.78, 5) is 38.8. The summed E-state index contributed by atoms with van der Waals surface area (Å²) < 4.78 is 0. The fraction of sp³-hybridized carbons (Fsp3) is 0.375. The van der Waals surface area contributed by atoms with Crippen LogP contribution in [0, 0.1) is 5.92 Å². The van der Waals surface area contributed by atoms with Crippen molar-refractivity contribution >= 4 is 17.7 Å². The Bertz CT molecular complexity index is 959. The van der Waals surface area contributed by atoms with Crippen molar-refractivity contribution in [1.29, 1.82) is 0 Å².